The van der Waals surface area contributed by atoms with Crippen LogP contribution in [-0.2, 0) is 9.53 Å². The second kappa shape index (κ2) is 6.08. The number of carbonyl (C=O) groups excluding carboxylic acids is 1. The summed E-state index contributed by atoms with van der Waals surface area (Å²) in [6.45, 7) is 6.79. The van der Waals surface area contributed by atoms with Crippen molar-refractivity contribution in [3.05, 3.63) is 0 Å². The summed E-state index contributed by atoms with van der Waals surface area (Å²) < 4.78 is 5.25. The standard InChI is InChI=1S/C11H22N2O2/c1-8(2)10(5-12)11(14)13-6-9-3-4-15-7-9/h8-10H,3-7,12H2,1-2H3,(H,13,14). The normalized spacial score (nSPS) is 23.1. The predicted molar refractivity (Wildman–Crippen MR) is 59.3 cm³/mol. The number of carbonyl (C=O) groups is 1. The number of hydrogen-bond acceptors (Lipinski definition) is 3. The van der Waals surface area contributed by atoms with E-state index in [2.05, 4.69) is 5.32 Å². The second-order valence-corrected chi connectivity index (χ2v) is 4.56. The third kappa shape index (κ3) is 3.80. The van der Waals surface area contributed by atoms with Crippen LogP contribution in [0.2, 0.25) is 0 Å². The molecule has 0 saturated carbocycles. The Morgan fingerprint density at radius 2 is 2.33 bits per heavy atom. The molecule has 1 amide bonds. The third-order valence-corrected chi connectivity index (χ3v) is 2.98. The van der Waals surface area contributed by atoms with Crippen LogP contribution in [0, 0.1) is 17.8 Å². The van der Waals surface area contributed by atoms with Crippen LogP contribution in [0.3, 0.4) is 0 Å². The van der Waals surface area contributed by atoms with Gasteiger partial charge in [0.25, 0.3) is 0 Å². The van der Waals surface area contributed by atoms with E-state index >= 15 is 0 Å². The van der Waals surface area contributed by atoms with E-state index in [4.69, 9.17) is 10.5 Å². The molecule has 4 heteroatoms. The quantitative estimate of drug-likeness (QED) is 0.695. The van der Waals surface area contributed by atoms with Gasteiger partial charge in [0.2, 0.25) is 5.91 Å². The molecule has 1 aliphatic heterocycles. The fraction of sp³-hybridized carbons (Fsp3) is 0.909. The molecule has 1 aliphatic rings. The molecule has 88 valence electrons. The van der Waals surface area contributed by atoms with E-state index in [-0.39, 0.29) is 11.8 Å². The molecule has 2 atom stereocenters. The van der Waals surface area contributed by atoms with Crippen molar-refractivity contribution in [2.75, 3.05) is 26.3 Å². The minimum atomic E-state index is -0.0627. The molecule has 0 aliphatic carbocycles. The molecule has 1 fully saturated rings. The van der Waals surface area contributed by atoms with Crippen molar-refractivity contribution in [1.82, 2.24) is 5.32 Å². The summed E-state index contributed by atoms with van der Waals surface area (Å²) in [5, 5.41) is 2.96. The molecule has 1 rings (SSSR count). The van der Waals surface area contributed by atoms with Crippen LogP contribution in [0.1, 0.15) is 20.3 Å². The van der Waals surface area contributed by atoms with Gasteiger partial charge in [0.05, 0.1) is 12.5 Å². The van der Waals surface area contributed by atoms with Gasteiger partial charge in [-0.15, -0.1) is 0 Å². The van der Waals surface area contributed by atoms with Crippen molar-refractivity contribution < 1.29 is 9.53 Å². The van der Waals surface area contributed by atoms with Crippen LogP contribution < -0.4 is 11.1 Å². The van der Waals surface area contributed by atoms with E-state index in [1.165, 1.54) is 0 Å². The van der Waals surface area contributed by atoms with Crippen LogP contribution in [0.5, 0.6) is 0 Å². The van der Waals surface area contributed by atoms with E-state index in [0.717, 1.165) is 26.2 Å². The number of amides is 1. The van der Waals surface area contributed by atoms with Gasteiger partial charge in [-0.2, -0.15) is 0 Å². The number of hydrogen-bond donors (Lipinski definition) is 2. The Hall–Kier alpha value is -0.610. The predicted octanol–water partition coefficient (Wildman–Crippen LogP) is 0.370. The fourth-order valence-corrected chi connectivity index (χ4v) is 1.80. The van der Waals surface area contributed by atoms with Crippen LogP contribution in [0.15, 0.2) is 0 Å². The molecule has 0 aromatic heterocycles. The average Bonchev–Trinajstić information content (AvgIpc) is 2.67. The average molecular weight is 214 g/mol. The van der Waals surface area contributed by atoms with Crippen molar-refractivity contribution >= 4 is 5.91 Å². The Kier molecular flexibility index (Phi) is 5.05. The lowest BCUT2D eigenvalue weighted by Crippen LogP contribution is -2.40. The molecule has 0 radical (unpaired) electrons. The summed E-state index contributed by atoms with van der Waals surface area (Å²) >= 11 is 0. The molecule has 4 nitrogen and oxygen atoms in total. The molecule has 1 heterocycles. The summed E-state index contributed by atoms with van der Waals surface area (Å²) in [6.07, 6.45) is 1.05. The number of rotatable bonds is 5. The first-order valence-electron chi connectivity index (χ1n) is 5.70. The summed E-state index contributed by atoms with van der Waals surface area (Å²) in [4.78, 5) is 11.7. The van der Waals surface area contributed by atoms with Gasteiger partial charge in [-0.1, -0.05) is 13.8 Å². The Morgan fingerprint density at radius 3 is 2.80 bits per heavy atom. The first-order valence-corrected chi connectivity index (χ1v) is 5.70. The van der Waals surface area contributed by atoms with Crippen molar-refractivity contribution in [3.63, 3.8) is 0 Å². The van der Waals surface area contributed by atoms with Crippen molar-refractivity contribution in [2.45, 2.75) is 20.3 Å². The maximum Gasteiger partial charge on any atom is 0.224 e. The van der Waals surface area contributed by atoms with Gasteiger partial charge in [-0.3, -0.25) is 4.79 Å². The minimum absolute atomic E-state index is 0.0627. The van der Waals surface area contributed by atoms with Crippen molar-refractivity contribution in [2.24, 2.45) is 23.5 Å². The van der Waals surface area contributed by atoms with Crippen LogP contribution >= 0.6 is 0 Å². The molecule has 0 spiro atoms. The van der Waals surface area contributed by atoms with Gasteiger partial charge < -0.3 is 15.8 Å². The zero-order chi connectivity index (χ0) is 11.3. The molecular formula is C11H22N2O2. The highest BCUT2D eigenvalue weighted by atomic mass is 16.5. The largest absolute Gasteiger partial charge is 0.381 e. The van der Waals surface area contributed by atoms with Crippen LogP contribution in [0.25, 0.3) is 0 Å². The number of ether oxygens (including phenoxy) is 1. The first kappa shape index (κ1) is 12.5. The van der Waals surface area contributed by atoms with E-state index < -0.39 is 0 Å². The summed E-state index contributed by atoms with van der Waals surface area (Å²) in [5.41, 5.74) is 5.57. The third-order valence-electron chi connectivity index (χ3n) is 2.98. The van der Waals surface area contributed by atoms with Gasteiger partial charge >= 0.3 is 0 Å². The maximum absolute atomic E-state index is 11.7. The zero-order valence-electron chi connectivity index (χ0n) is 9.66. The Balaban J connectivity index is 2.27. The van der Waals surface area contributed by atoms with Gasteiger partial charge in [0, 0.05) is 25.6 Å². The van der Waals surface area contributed by atoms with Crippen LogP contribution in [-0.4, -0.2) is 32.2 Å². The van der Waals surface area contributed by atoms with Crippen molar-refractivity contribution in [3.8, 4) is 0 Å². The Labute approximate surface area is 91.5 Å². The molecule has 2 unspecified atom stereocenters. The van der Waals surface area contributed by atoms with Crippen molar-refractivity contribution in [1.29, 1.82) is 0 Å². The summed E-state index contributed by atoms with van der Waals surface area (Å²) in [7, 11) is 0. The van der Waals surface area contributed by atoms with Gasteiger partial charge in [-0.05, 0) is 12.3 Å². The maximum atomic E-state index is 11.7. The van der Waals surface area contributed by atoms with Gasteiger partial charge in [0.1, 0.15) is 0 Å². The first-order chi connectivity index (χ1) is 7.15. The molecule has 0 aromatic rings. The van der Waals surface area contributed by atoms with E-state index in [9.17, 15) is 4.79 Å². The SMILES string of the molecule is CC(C)C(CN)C(=O)NCC1CCOC1. The lowest BCUT2D eigenvalue weighted by molar-refractivity contribution is -0.126. The molecule has 0 aromatic carbocycles. The zero-order valence-corrected chi connectivity index (χ0v) is 9.66. The number of nitrogens with two attached hydrogens (primary N) is 1. The smallest absolute Gasteiger partial charge is 0.224 e. The fourth-order valence-electron chi connectivity index (χ4n) is 1.80. The minimum Gasteiger partial charge on any atom is -0.381 e. The summed E-state index contributed by atoms with van der Waals surface area (Å²) in [6, 6.07) is 0. The van der Waals surface area contributed by atoms with E-state index in [1.807, 2.05) is 13.8 Å². The molecule has 0 bridgehead atoms. The molecular weight excluding hydrogens is 192 g/mol. The summed E-state index contributed by atoms with van der Waals surface area (Å²) in [5.74, 6) is 0.807. The lowest BCUT2D eigenvalue weighted by atomic mass is 9.95. The van der Waals surface area contributed by atoms with E-state index in [0.29, 0.717) is 18.4 Å². The highest BCUT2D eigenvalue weighted by Gasteiger charge is 2.22. The Bertz CT molecular complexity index is 201. The number of nitrogens with one attached hydrogen (secondary N) is 1. The van der Waals surface area contributed by atoms with Gasteiger partial charge in [0.15, 0.2) is 0 Å². The molecule has 15 heavy (non-hydrogen) atoms. The monoisotopic (exact) mass is 214 g/mol. The topological polar surface area (TPSA) is 64.4 Å². The Morgan fingerprint density at radius 1 is 1.60 bits per heavy atom. The van der Waals surface area contributed by atoms with Gasteiger partial charge in [-0.25, -0.2) is 0 Å². The lowest BCUT2D eigenvalue weighted by Gasteiger charge is -2.19. The van der Waals surface area contributed by atoms with Crippen LogP contribution in [0.4, 0.5) is 0 Å². The highest BCUT2D eigenvalue weighted by molar-refractivity contribution is 5.79. The second-order valence-electron chi connectivity index (χ2n) is 4.56. The molecule has 3 N–H and O–H groups in total. The van der Waals surface area contributed by atoms with E-state index in [1.54, 1.807) is 0 Å². The highest BCUT2D eigenvalue weighted by Crippen LogP contribution is 2.12. The molecule has 1 saturated heterocycles.